The summed E-state index contributed by atoms with van der Waals surface area (Å²) in [6.45, 7) is 9.83. The Morgan fingerprint density at radius 3 is 2.68 bits per heavy atom. The van der Waals surface area contributed by atoms with E-state index in [9.17, 15) is 0 Å². The van der Waals surface area contributed by atoms with E-state index >= 15 is 0 Å². The molecule has 4 nitrogen and oxygen atoms in total. The van der Waals surface area contributed by atoms with Gasteiger partial charge in [-0.05, 0) is 40.6 Å². The first-order chi connectivity index (χ1) is 9.10. The molecule has 1 N–H and O–H groups in total. The van der Waals surface area contributed by atoms with Crippen molar-refractivity contribution in [1.29, 1.82) is 0 Å². The summed E-state index contributed by atoms with van der Waals surface area (Å²) in [6, 6.07) is 0. The normalized spacial score (nSPS) is 23.5. The van der Waals surface area contributed by atoms with Crippen molar-refractivity contribution >= 4 is 27.7 Å². The quantitative estimate of drug-likeness (QED) is 0.918. The lowest BCUT2D eigenvalue weighted by Gasteiger charge is -2.36. The lowest BCUT2D eigenvalue weighted by Crippen LogP contribution is -2.39. The Bertz CT molecular complexity index is 414. The van der Waals surface area contributed by atoms with Crippen LogP contribution in [0, 0.1) is 11.8 Å². The molecule has 0 radical (unpaired) electrons. The van der Waals surface area contributed by atoms with Gasteiger partial charge in [0.1, 0.15) is 5.82 Å². The standard InChI is InChI=1S/C14H23BrN4/c1-4-5-16-14-17-7-12(15)13(18-14)19-8-10(2)6-11(3)9-19/h7,10-11H,4-6,8-9H2,1-3H3,(H,16,17,18). The number of aromatic nitrogens is 2. The van der Waals surface area contributed by atoms with E-state index in [1.807, 2.05) is 6.20 Å². The highest BCUT2D eigenvalue weighted by Crippen LogP contribution is 2.30. The number of piperidine rings is 1. The highest BCUT2D eigenvalue weighted by molar-refractivity contribution is 9.10. The third kappa shape index (κ3) is 3.81. The first kappa shape index (κ1) is 14.6. The van der Waals surface area contributed by atoms with E-state index in [4.69, 9.17) is 0 Å². The molecule has 2 atom stereocenters. The van der Waals surface area contributed by atoms with Crippen LogP contribution in [0.25, 0.3) is 0 Å². The van der Waals surface area contributed by atoms with Crippen LogP contribution in [0.2, 0.25) is 0 Å². The summed E-state index contributed by atoms with van der Waals surface area (Å²) >= 11 is 3.58. The first-order valence-corrected chi connectivity index (χ1v) is 7.90. The van der Waals surface area contributed by atoms with Crippen LogP contribution in [0.1, 0.15) is 33.6 Å². The molecule has 1 aliphatic rings. The lowest BCUT2D eigenvalue weighted by atomic mass is 9.92. The summed E-state index contributed by atoms with van der Waals surface area (Å²) in [5.74, 6) is 3.19. The number of nitrogens with zero attached hydrogens (tertiary/aromatic N) is 3. The van der Waals surface area contributed by atoms with Crippen LogP contribution < -0.4 is 10.2 Å². The van der Waals surface area contributed by atoms with E-state index in [0.717, 1.165) is 54.1 Å². The number of halogens is 1. The second kappa shape index (κ2) is 6.55. The van der Waals surface area contributed by atoms with E-state index in [2.05, 4.69) is 56.9 Å². The second-order valence-electron chi connectivity index (χ2n) is 5.64. The molecule has 19 heavy (non-hydrogen) atoms. The van der Waals surface area contributed by atoms with Crippen LogP contribution in [-0.4, -0.2) is 29.6 Å². The molecule has 0 saturated carbocycles. The van der Waals surface area contributed by atoms with E-state index in [0.29, 0.717) is 0 Å². The van der Waals surface area contributed by atoms with Gasteiger partial charge in [-0.25, -0.2) is 4.98 Å². The molecule has 0 bridgehead atoms. The fourth-order valence-electron chi connectivity index (χ4n) is 2.74. The summed E-state index contributed by atoms with van der Waals surface area (Å²) in [7, 11) is 0. The zero-order valence-electron chi connectivity index (χ0n) is 12.0. The number of nitrogens with one attached hydrogen (secondary N) is 1. The van der Waals surface area contributed by atoms with Gasteiger partial charge in [-0.15, -0.1) is 0 Å². The lowest BCUT2D eigenvalue weighted by molar-refractivity contribution is 0.355. The summed E-state index contributed by atoms with van der Waals surface area (Å²) in [6.07, 6.45) is 4.23. The van der Waals surface area contributed by atoms with Crippen molar-refractivity contribution in [3.63, 3.8) is 0 Å². The van der Waals surface area contributed by atoms with Gasteiger partial charge in [0.25, 0.3) is 0 Å². The molecule has 1 fully saturated rings. The minimum absolute atomic E-state index is 0.720. The zero-order chi connectivity index (χ0) is 13.8. The van der Waals surface area contributed by atoms with Gasteiger partial charge in [0.2, 0.25) is 5.95 Å². The van der Waals surface area contributed by atoms with Gasteiger partial charge in [-0.1, -0.05) is 20.8 Å². The molecule has 106 valence electrons. The predicted octanol–water partition coefficient (Wildman–Crippen LogP) is 3.54. The molecule has 1 aromatic rings. The Morgan fingerprint density at radius 2 is 2.05 bits per heavy atom. The maximum absolute atomic E-state index is 4.66. The molecular formula is C14H23BrN4. The van der Waals surface area contributed by atoms with Crippen molar-refractivity contribution in [2.24, 2.45) is 11.8 Å². The van der Waals surface area contributed by atoms with Gasteiger partial charge in [0.15, 0.2) is 0 Å². The van der Waals surface area contributed by atoms with Crippen LogP contribution in [0.15, 0.2) is 10.7 Å². The third-order valence-corrected chi connectivity index (χ3v) is 3.99. The van der Waals surface area contributed by atoms with E-state index in [1.54, 1.807) is 0 Å². The van der Waals surface area contributed by atoms with Crippen LogP contribution in [-0.2, 0) is 0 Å². The van der Waals surface area contributed by atoms with Crippen LogP contribution in [0.4, 0.5) is 11.8 Å². The van der Waals surface area contributed by atoms with Crippen molar-refractivity contribution in [1.82, 2.24) is 9.97 Å². The number of hydrogen-bond donors (Lipinski definition) is 1. The summed E-state index contributed by atoms with van der Waals surface area (Å²) in [5.41, 5.74) is 0. The predicted molar refractivity (Wildman–Crippen MR) is 83.7 cm³/mol. The average Bonchev–Trinajstić information content (AvgIpc) is 2.36. The molecule has 0 aromatic carbocycles. The van der Waals surface area contributed by atoms with Crippen molar-refractivity contribution in [3.8, 4) is 0 Å². The molecule has 1 aromatic heterocycles. The number of anilines is 2. The van der Waals surface area contributed by atoms with Crippen molar-refractivity contribution in [3.05, 3.63) is 10.7 Å². The fraction of sp³-hybridized carbons (Fsp3) is 0.714. The molecule has 2 heterocycles. The van der Waals surface area contributed by atoms with Gasteiger partial charge < -0.3 is 10.2 Å². The van der Waals surface area contributed by atoms with Crippen molar-refractivity contribution in [2.45, 2.75) is 33.6 Å². The van der Waals surface area contributed by atoms with Crippen LogP contribution in [0.3, 0.4) is 0 Å². The van der Waals surface area contributed by atoms with Gasteiger partial charge in [0.05, 0.1) is 4.47 Å². The zero-order valence-corrected chi connectivity index (χ0v) is 13.6. The van der Waals surface area contributed by atoms with Crippen molar-refractivity contribution in [2.75, 3.05) is 29.9 Å². The summed E-state index contributed by atoms with van der Waals surface area (Å²) < 4.78 is 0.982. The van der Waals surface area contributed by atoms with E-state index in [-0.39, 0.29) is 0 Å². The Balaban J connectivity index is 2.17. The summed E-state index contributed by atoms with van der Waals surface area (Å²) in [4.78, 5) is 11.3. The fourth-order valence-corrected chi connectivity index (χ4v) is 3.18. The summed E-state index contributed by atoms with van der Waals surface area (Å²) in [5, 5.41) is 3.25. The SMILES string of the molecule is CCCNc1ncc(Br)c(N2CC(C)CC(C)C2)n1. The highest BCUT2D eigenvalue weighted by Gasteiger charge is 2.24. The molecule has 0 amide bonds. The molecule has 1 aliphatic heterocycles. The van der Waals surface area contributed by atoms with Gasteiger partial charge in [-0.3, -0.25) is 0 Å². The Kier molecular flexibility index (Phi) is 5.02. The Labute approximate surface area is 124 Å². The monoisotopic (exact) mass is 326 g/mol. The number of hydrogen-bond acceptors (Lipinski definition) is 4. The smallest absolute Gasteiger partial charge is 0.224 e. The minimum atomic E-state index is 0.720. The minimum Gasteiger partial charge on any atom is -0.355 e. The van der Waals surface area contributed by atoms with Gasteiger partial charge in [0, 0.05) is 25.8 Å². The van der Waals surface area contributed by atoms with E-state index in [1.165, 1.54) is 6.42 Å². The van der Waals surface area contributed by atoms with Gasteiger partial charge in [-0.2, -0.15) is 4.98 Å². The molecule has 2 rings (SSSR count). The van der Waals surface area contributed by atoms with Crippen LogP contribution in [0.5, 0.6) is 0 Å². The maximum Gasteiger partial charge on any atom is 0.224 e. The highest BCUT2D eigenvalue weighted by atomic mass is 79.9. The molecule has 2 unspecified atom stereocenters. The largest absolute Gasteiger partial charge is 0.355 e. The van der Waals surface area contributed by atoms with E-state index < -0.39 is 0 Å². The topological polar surface area (TPSA) is 41.1 Å². The Hall–Kier alpha value is -0.840. The molecule has 5 heteroatoms. The van der Waals surface area contributed by atoms with Crippen LogP contribution >= 0.6 is 15.9 Å². The number of rotatable bonds is 4. The first-order valence-electron chi connectivity index (χ1n) is 7.11. The second-order valence-corrected chi connectivity index (χ2v) is 6.50. The maximum atomic E-state index is 4.66. The third-order valence-electron chi connectivity index (χ3n) is 3.43. The molecule has 0 spiro atoms. The molecule has 1 saturated heterocycles. The molecular weight excluding hydrogens is 304 g/mol. The van der Waals surface area contributed by atoms with Gasteiger partial charge >= 0.3 is 0 Å². The Morgan fingerprint density at radius 1 is 1.37 bits per heavy atom. The average molecular weight is 327 g/mol. The van der Waals surface area contributed by atoms with Crippen molar-refractivity contribution < 1.29 is 0 Å². The molecule has 0 aliphatic carbocycles.